The van der Waals surface area contributed by atoms with E-state index in [0.717, 1.165) is 0 Å². The Hall–Kier alpha value is -1.18. The van der Waals surface area contributed by atoms with E-state index in [-0.39, 0.29) is 24.4 Å². The fourth-order valence-corrected chi connectivity index (χ4v) is 2.22. The Morgan fingerprint density at radius 2 is 1.78 bits per heavy atom. The van der Waals surface area contributed by atoms with Crippen LogP contribution in [-0.4, -0.2) is 57.4 Å². The predicted octanol–water partition coefficient (Wildman–Crippen LogP) is 0.387. The van der Waals surface area contributed by atoms with E-state index in [1.54, 1.807) is 0 Å². The number of rotatable bonds is 6. The number of fused-ring (bicyclic) bond motifs is 1. The molecule has 0 aliphatic carbocycles. The first kappa shape index (κ1) is 13.3. The lowest BCUT2D eigenvalue weighted by Gasteiger charge is -2.16. The normalized spacial score (nSPS) is 33.9. The second kappa shape index (κ2) is 6.67. The van der Waals surface area contributed by atoms with Crippen molar-refractivity contribution in [3.05, 3.63) is 11.4 Å². The van der Waals surface area contributed by atoms with Gasteiger partial charge in [-0.15, -0.1) is 0 Å². The molecule has 0 amide bonds. The fourth-order valence-electron chi connectivity index (χ4n) is 2.22. The molecule has 2 unspecified atom stereocenters. The van der Waals surface area contributed by atoms with Crippen LogP contribution in [0.4, 0.5) is 0 Å². The number of nitrogens with zero attached hydrogens (tertiary/aromatic N) is 2. The van der Waals surface area contributed by atoms with Gasteiger partial charge in [-0.25, -0.2) is 6.57 Å². The van der Waals surface area contributed by atoms with Crippen molar-refractivity contribution in [2.75, 3.05) is 33.0 Å². The highest BCUT2D eigenvalue weighted by Crippen LogP contribution is 2.30. The third kappa shape index (κ3) is 2.98. The lowest BCUT2D eigenvalue weighted by Crippen LogP contribution is -2.34. The second-order valence-corrected chi connectivity index (χ2v) is 4.20. The zero-order valence-electron chi connectivity index (χ0n) is 10.1. The van der Waals surface area contributed by atoms with Crippen molar-refractivity contribution in [1.82, 2.24) is 0 Å². The Balaban J connectivity index is 1.76. The van der Waals surface area contributed by atoms with Crippen molar-refractivity contribution in [2.24, 2.45) is 0 Å². The molecule has 0 aromatic rings. The molecule has 2 rings (SSSR count). The lowest BCUT2D eigenvalue weighted by molar-refractivity contribution is -0.0473. The van der Waals surface area contributed by atoms with Crippen molar-refractivity contribution in [3.63, 3.8) is 0 Å². The van der Waals surface area contributed by atoms with Crippen LogP contribution < -0.4 is 0 Å². The highest BCUT2D eigenvalue weighted by molar-refractivity contribution is 4.96. The number of hydrogen-bond acceptors (Lipinski definition) is 5. The molecule has 2 heterocycles. The van der Waals surface area contributed by atoms with Gasteiger partial charge in [-0.05, 0) is 0 Å². The van der Waals surface area contributed by atoms with Gasteiger partial charge in [0, 0.05) is 0 Å². The molecule has 18 heavy (non-hydrogen) atoms. The summed E-state index contributed by atoms with van der Waals surface area (Å²) < 4.78 is 22.4. The molecule has 0 aromatic carbocycles. The summed E-state index contributed by atoms with van der Waals surface area (Å²) >= 11 is 0. The molecule has 0 radical (unpaired) electrons. The molecule has 0 saturated carbocycles. The maximum Gasteiger partial charge on any atom is 0.237 e. The molecule has 4 atom stereocenters. The first-order valence-corrected chi connectivity index (χ1v) is 6.03. The van der Waals surface area contributed by atoms with Gasteiger partial charge in [0.2, 0.25) is 6.54 Å². The van der Waals surface area contributed by atoms with Crippen molar-refractivity contribution < 1.29 is 18.9 Å². The lowest BCUT2D eigenvalue weighted by atomic mass is 10.1. The van der Waals surface area contributed by atoms with Gasteiger partial charge in [-0.3, -0.25) is 0 Å². The van der Waals surface area contributed by atoms with Gasteiger partial charge in [0.05, 0.1) is 32.3 Å². The zero-order chi connectivity index (χ0) is 12.8. The first-order chi connectivity index (χ1) is 8.86. The first-order valence-electron chi connectivity index (χ1n) is 6.03. The largest absolute Gasteiger partial charge is 0.372 e. The summed E-state index contributed by atoms with van der Waals surface area (Å²) in [6.45, 7) is 8.81. The Kier molecular flexibility index (Phi) is 4.91. The monoisotopic (exact) mass is 252 g/mol. The third-order valence-corrected chi connectivity index (χ3v) is 3.04. The van der Waals surface area contributed by atoms with Crippen LogP contribution in [0, 0.1) is 17.9 Å². The highest BCUT2D eigenvalue weighted by atomic mass is 16.6. The summed E-state index contributed by atoms with van der Waals surface area (Å²) in [6, 6.07) is 2.03. The van der Waals surface area contributed by atoms with Crippen molar-refractivity contribution in [3.8, 4) is 6.07 Å². The molecule has 0 bridgehead atoms. The molecule has 2 aliphatic heterocycles. The van der Waals surface area contributed by atoms with Crippen LogP contribution in [0.1, 0.15) is 6.42 Å². The third-order valence-electron chi connectivity index (χ3n) is 3.04. The minimum Gasteiger partial charge on any atom is -0.372 e. The van der Waals surface area contributed by atoms with Crippen LogP contribution in [0.2, 0.25) is 0 Å². The number of nitriles is 1. The second-order valence-electron chi connectivity index (χ2n) is 4.20. The van der Waals surface area contributed by atoms with Crippen LogP contribution in [0.5, 0.6) is 0 Å². The minimum atomic E-state index is -0.113. The van der Waals surface area contributed by atoms with Crippen molar-refractivity contribution >= 4 is 0 Å². The topological polar surface area (TPSA) is 65.1 Å². The quantitative estimate of drug-likeness (QED) is 0.505. The summed E-state index contributed by atoms with van der Waals surface area (Å²) in [6.07, 6.45) is -0.0673. The van der Waals surface area contributed by atoms with E-state index < -0.39 is 0 Å². The van der Waals surface area contributed by atoms with Crippen LogP contribution in [0.15, 0.2) is 0 Å². The molecule has 2 fully saturated rings. The van der Waals surface area contributed by atoms with Gasteiger partial charge in [0.1, 0.15) is 31.0 Å². The molecule has 2 saturated heterocycles. The molecule has 6 nitrogen and oxygen atoms in total. The van der Waals surface area contributed by atoms with Crippen LogP contribution in [-0.2, 0) is 18.9 Å². The van der Waals surface area contributed by atoms with E-state index >= 15 is 0 Å². The van der Waals surface area contributed by atoms with E-state index in [1.807, 2.05) is 6.07 Å². The van der Waals surface area contributed by atoms with Crippen molar-refractivity contribution in [2.45, 2.75) is 30.8 Å². The molecule has 2 aliphatic rings. The number of ether oxygens (including phenoxy) is 4. The molecule has 0 spiro atoms. The van der Waals surface area contributed by atoms with Gasteiger partial charge >= 0.3 is 0 Å². The Morgan fingerprint density at radius 3 is 2.33 bits per heavy atom. The SMILES string of the molecule is [C-]#[N+]CCO[C@@H]1COC2C1OC[C@H]2OCCC#N. The van der Waals surface area contributed by atoms with Crippen molar-refractivity contribution in [1.29, 1.82) is 5.26 Å². The van der Waals surface area contributed by atoms with Gasteiger partial charge in [-0.1, -0.05) is 0 Å². The molecular formula is C12H16N2O4. The van der Waals surface area contributed by atoms with Crippen LogP contribution in [0.25, 0.3) is 4.85 Å². The van der Waals surface area contributed by atoms with E-state index in [0.29, 0.717) is 39.4 Å². The number of hydrogen-bond donors (Lipinski definition) is 0. The molecule has 0 aromatic heterocycles. The maximum absolute atomic E-state index is 8.45. The summed E-state index contributed by atoms with van der Waals surface area (Å²) in [4.78, 5) is 3.24. The van der Waals surface area contributed by atoms with Gasteiger partial charge in [0.25, 0.3) is 0 Å². The van der Waals surface area contributed by atoms with E-state index in [4.69, 9.17) is 30.8 Å². The molecule has 98 valence electrons. The van der Waals surface area contributed by atoms with E-state index in [2.05, 4.69) is 4.85 Å². The highest BCUT2D eigenvalue weighted by Gasteiger charge is 2.48. The summed E-state index contributed by atoms with van der Waals surface area (Å²) in [5, 5.41) is 8.45. The van der Waals surface area contributed by atoms with E-state index in [1.165, 1.54) is 0 Å². The Bertz CT molecular complexity index is 315. The average Bonchev–Trinajstić information content (AvgIpc) is 2.94. The summed E-state index contributed by atoms with van der Waals surface area (Å²) in [7, 11) is 0. The fraction of sp³-hybridized carbons (Fsp3) is 0.833. The molecule has 6 heteroatoms. The summed E-state index contributed by atoms with van der Waals surface area (Å²) in [5.41, 5.74) is 0. The smallest absolute Gasteiger partial charge is 0.237 e. The minimum absolute atomic E-state index is 0.109. The molecular weight excluding hydrogens is 236 g/mol. The van der Waals surface area contributed by atoms with Gasteiger partial charge in [-0.2, -0.15) is 5.26 Å². The Morgan fingerprint density at radius 1 is 1.17 bits per heavy atom. The van der Waals surface area contributed by atoms with E-state index in [9.17, 15) is 0 Å². The van der Waals surface area contributed by atoms with Gasteiger partial charge in [0.15, 0.2) is 0 Å². The zero-order valence-corrected chi connectivity index (χ0v) is 10.1. The average molecular weight is 252 g/mol. The Labute approximate surface area is 106 Å². The van der Waals surface area contributed by atoms with Crippen LogP contribution in [0.3, 0.4) is 0 Å². The standard InChI is InChI=1S/C12H16N2O4/c1-14-4-6-16-10-8-18-11-9(7-17-12(10)11)15-5-2-3-13/h9-12H,2,4-8H2/t9-,10-,11?,12?/m1/s1. The molecule has 0 N–H and O–H groups in total. The van der Waals surface area contributed by atoms with Crippen LogP contribution >= 0.6 is 0 Å². The maximum atomic E-state index is 8.45. The predicted molar refractivity (Wildman–Crippen MR) is 60.7 cm³/mol. The summed E-state index contributed by atoms with van der Waals surface area (Å²) in [5.74, 6) is 0. The van der Waals surface area contributed by atoms with Gasteiger partial charge < -0.3 is 23.8 Å².